The van der Waals surface area contributed by atoms with Gasteiger partial charge in [0, 0.05) is 24.8 Å². The molecule has 1 amide bonds. The lowest BCUT2D eigenvalue weighted by atomic mass is 10.0. The lowest BCUT2D eigenvalue weighted by Gasteiger charge is -2.25. The van der Waals surface area contributed by atoms with Crippen LogP contribution in [0.25, 0.3) is 0 Å². The zero-order valence-corrected chi connectivity index (χ0v) is 23.0. The van der Waals surface area contributed by atoms with E-state index < -0.39 is 6.04 Å². The third-order valence-corrected chi connectivity index (χ3v) is 5.85. The van der Waals surface area contributed by atoms with E-state index in [9.17, 15) is 4.79 Å². The molecular weight excluding hydrogens is 494 g/mol. The number of carbonyl (C=O) groups excluding carboxylic acids is 1. The van der Waals surface area contributed by atoms with Gasteiger partial charge in [-0.3, -0.25) is 15.2 Å². The monoisotopic (exact) mass is 531 g/mol. The number of nitrogens with one attached hydrogen (secondary N) is 3. The van der Waals surface area contributed by atoms with Crippen molar-refractivity contribution in [1.82, 2.24) is 10.2 Å². The molecular formula is C29H37N7O3. The molecule has 0 spiro atoms. The molecule has 0 aliphatic rings. The third-order valence-electron chi connectivity index (χ3n) is 5.85. The van der Waals surface area contributed by atoms with Crippen molar-refractivity contribution >= 4 is 29.5 Å². The van der Waals surface area contributed by atoms with Crippen LogP contribution < -0.4 is 30.8 Å². The number of rotatable bonds is 13. The van der Waals surface area contributed by atoms with E-state index in [-0.39, 0.29) is 11.9 Å². The molecule has 10 heteroatoms. The number of nitrogen functional groups attached to an aromatic ring is 1. The van der Waals surface area contributed by atoms with Crippen LogP contribution in [0.3, 0.4) is 0 Å². The molecule has 0 radical (unpaired) electrons. The fourth-order valence-electron chi connectivity index (χ4n) is 4.04. The summed E-state index contributed by atoms with van der Waals surface area (Å²) in [6.45, 7) is 2.75. The van der Waals surface area contributed by atoms with E-state index in [4.69, 9.17) is 25.7 Å². The maximum atomic E-state index is 11.7. The van der Waals surface area contributed by atoms with E-state index in [1.165, 1.54) is 0 Å². The number of hydrazone groups is 1. The Morgan fingerprint density at radius 1 is 1.05 bits per heavy atom. The summed E-state index contributed by atoms with van der Waals surface area (Å²) in [5.41, 5.74) is 8.60. The normalized spacial score (nSPS) is 12.8. The molecule has 0 aromatic heterocycles. The Morgan fingerprint density at radius 2 is 1.74 bits per heavy atom. The summed E-state index contributed by atoms with van der Waals surface area (Å²) in [5.74, 6) is 1.52. The first-order valence-electron chi connectivity index (χ1n) is 12.5. The van der Waals surface area contributed by atoms with Gasteiger partial charge in [0.2, 0.25) is 6.41 Å². The Hall–Kier alpha value is -4.57. The molecule has 0 fully saturated rings. The van der Waals surface area contributed by atoms with Crippen LogP contribution in [0, 0.1) is 5.41 Å². The zero-order chi connectivity index (χ0) is 28.4. The number of methoxy groups -OCH3 is 1. The second kappa shape index (κ2) is 13.8. The van der Waals surface area contributed by atoms with Crippen molar-refractivity contribution in [2.45, 2.75) is 19.1 Å². The van der Waals surface area contributed by atoms with E-state index in [0.29, 0.717) is 29.3 Å². The minimum absolute atomic E-state index is 0.0173. The minimum Gasteiger partial charge on any atom is -0.493 e. The average molecular weight is 532 g/mol. The summed E-state index contributed by atoms with van der Waals surface area (Å²) in [4.78, 5) is 13.8. The van der Waals surface area contributed by atoms with Crippen LogP contribution >= 0.6 is 0 Å². The largest absolute Gasteiger partial charge is 0.493 e. The van der Waals surface area contributed by atoms with Gasteiger partial charge < -0.3 is 30.7 Å². The van der Waals surface area contributed by atoms with Gasteiger partial charge >= 0.3 is 0 Å². The van der Waals surface area contributed by atoms with Crippen LogP contribution in [0.1, 0.15) is 24.1 Å². The SMILES string of the molecule is COc1cc(C(Nc2ccc(C(=N)N)cc2)/C(=N/N(C)c2ccccc2)NC=O)ccc1OC(C)CN(C)C. The average Bonchev–Trinajstić information content (AvgIpc) is 2.92. The molecule has 10 nitrogen and oxygen atoms in total. The molecule has 3 aromatic carbocycles. The summed E-state index contributed by atoms with van der Waals surface area (Å²) in [6.07, 6.45) is 0.546. The second-order valence-corrected chi connectivity index (χ2v) is 9.28. The maximum Gasteiger partial charge on any atom is 0.212 e. The first-order valence-corrected chi connectivity index (χ1v) is 12.5. The van der Waals surface area contributed by atoms with Gasteiger partial charge in [-0.15, -0.1) is 0 Å². The third kappa shape index (κ3) is 8.21. The van der Waals surface area contributed by atoms with Gasteiger partial charge in [-0.05, 0) is 75.1 Å². The number of likely N-dealkylation sites (N-methyl/N-ethyl adjacent to an activating group) is 1. The number of amides is 1. The van der Waals surface area contributed by atoms with Crippen LogP contribution in [-0.4, -0.2) is 63.9 Å². The number of anilines is 2. The summed E-state index contributed by atoms with van der Waals surface area (Å²) in [6, 6.07) is 21.8. The Bertz CT molecular complexity index is 1260. The highest BCUT2D eigenvalue weighted by Crippen LogP contribution is 2.33. The van der Waals surface area contributed by atoms with Gasteiger partial charge in [-0.25, -0.2) is 0 Å². The topological polar surface area (TPSA) is 128 Å². The van der Waals surface area contributed by atoms with Crippen LogP contribution in [-0.2, 0) is 4.79 Å². The van der Waals surface area contributed by atoms with Gasteiger partial charge in [-0.1, -0.05) is 24.3 Å². The number of para-hydroxylation sites is 1. The Morgan fingerprint density at radius 3 is 2.33 bits per heavy atom. The van der Waals surface area contributed by atoms with Gasteiger partial charge in [-0.2, -0.15) is 5.10 Å². The van der Waals surface area contributed by atoms with Crippen LogP contribution in [0.2, 0.25) is 0 Å². The molecule has 0 heterocycles. The molecule has 3 aromatic rings. The molecule has 3 rings (SSSR count). The quantitative estimate of drug-likeness (QED) is 0.115. The van der Waals surface area contributed by atoms with Crippen LogP contribution in [0.5, 0.6) is 11.5 Å². The second-order valence-electron chi connectivity index (χ2n) is 9.28. The molecule has 2 unspecified atom stereocenters. The van der Waals surface area contributed by atoms with Gasteiger partial charge in [0.15, 0.2) is 17.3 Å². The van der Waals surface area contributed by atoms with Crippen molar-refractivity contribution in [1.29, 1.82) is 5.41 Å². The Labute approximate surface area is 229 Å². The fraction of sp³-hybridized carbons (Fsp3) is 0.276. The van der Waals surface area contributed by atoms with Gasteiger partial charge in [0.05, 0.1) is 12.8 Å². The van der Waals surface area contributed by atoms with E-state index in [0.717, 1.165) is 23.5 Å². The van der Waals surface area contributed by atoms with Crippen LogP contribution in [0.4, 0.5) is 11.4 Å². The number of nitrogens with zero attached hydrogens (tertiary/aromatic N) is 3. The summed E-state index contributed by atoms with van der Waals surface area (Å²) >= 11 is 0. The molecule has 206 valence electrons. The lowest BCUT2D eigenvalue weighted by molar-refractivity contribution is -0.108. The number of hydrogen-bond donors (Lipinski definition) is 4. The smallest absolute Gasteiger partial charge is 0.212 e. The molecule has 0 aliphatic heterocycles. The van der Waals surface area contributed by atoms with Crippen molar-refractivity contribution < 1.29 is 14.3 Å². The Kier molecular flexibility index (Phi) is 10.3. The number of ether oxygens (including phenoxy) is 2. The molecule has 2 atom stereocenters. The predicted octanol–water partition coefficient (Wildman–Crippen LogP) is 3.66. The fourth-order valence-corrected chi connectivity index (χ4v) is 4.04. The van der Waals surface area contributed by atoms with Crippen molar-refractivity contribution in [2.75, 3.05) is 45.1 Å². The predicted molar refractivity (Wildman–Crippen MR) is 157 cm³/mol. The van der Waals surface area contributed by atoms with E-state index in [1.807, 2.05) is 88.7 Å². The van der Waals surface area contributed by atoms with Gasteiger partial charge in [0.1, 0.15) is 18.0 Å². The maximum absolute atomic E-state index is 11.7. The number of carbonyl (C=O) groups is 1. The highest BCUT2D eigenvalue weighted by Gasteiger charge is 2.22. The molecule has 0 saturated heterocycles. The van der Waals surface area contributed by atoms with E-state index >= 15 is 0 Å². The summed E-state index contributed by atoms with van der Waals surface area (Å²) in [5, 5.41) is 20.3. The van der Waals surface area contributed by atoms with E-state index in [1.54, 1.807) is 24.3 Å². The highest BCUT2D eigenvalue weighted by atomic mass is 16.5. The van der Waals surface area contributed by atoms with Crippen molar-refractivity contribution in [3.05, 3.63) is 83.9 Å². The molecule has 39 heavy (non-hydrogen) atoms. The first-order chi connectivity index (χ1) is 18.7. The Balaban J connectivity index is 2.04. The molecule has 0 bridgehead atoms. The number of nitrogens with two attached hydrogens (primary N) is 1. The lowest BCUT2D eigenvalue weighted by Crippen LogP contribution is -2.35. The minimum atomic E-state index is -0.577. The van der Waals surface area contributed by atoms with Crippen molar-refractivity contribution in [2.24, 2.45) is 10.8 Å². The van der Waals surface area contributed by atoms with Crippen molar-refractivity contribution in [3.63, 3.8) is 0 Å². The van der Waals surface area contributed by atoms with Gasteiger partial charge in [0.25, 0.3) is 0 Å². The number of amidine groups is 2. The summed E-state index contributed by atoms with van der Waals surface area (Å²) < 4.78 is 11.8. The standard InChI is InChI=1S/C29H37N7O3/c1-20(18-35(2)3)39-25-16-13-22(17-26(25)38-5)27(33-23-14-11-21(12-15-23)28(30)31)29(32-19-37)34-36(4)24-9-7-6-8-10-24/h6-17,19-20,27,33H,18H2,1-5H3,(H3,30,31)(H,32,34,37). The van der Waals surface area contributed by atoms with Crippen LogP contribution in [0.15, 0.2) is 77.9 Å². The first kappa shape index (κ1) is 29.0. The molecule has 5 N–H and O–H groups in total. The number of hydrogen-bond acceptors (Lipinski definition) is 8. The summed E-state index contributed by atoms with van der Waals surface area (Å²) in [7, 11) is 7.39. The van der Waals surface area contributed by atoms with E-state index in [2.05, 4.69) is 15.5 Å². The molecule has 0 saturated carbocycles. The zero-order valence-electron chi connectivity index (χ0n) is 23.0. The number of benzene rings is 3. The molecule has 0 aliphatic carbocycles. The van der Waals surface area contributed by atoms with Crippen molar-refractivity contribution in [3.8, 4) is 11.5 Å². The highest BCUT2D eigenvalue weighted by molar-refractivity contribution is 5.98.